The van der Waals surface area contributed by atoms with E-state index in [1.807, 2.05) is 6.92 Å². The number of hydrogen-bond donors (Lipinski definition) is 0. The average molecular weight is 187 g/mol. The molecule has 0 spiro atoms. The van der Waals surface area contributed by atoms with Crippen molar-refractivity contribution in [3.63, 3.8) is 0 Å². The molecule has 0 aromatic carbocycles. The zero-order chi connectivity index (χ0) is 9.19. The number of nitrogens with zero attached hydrogens (tertiary/aromatic N) is 1. The summed E-state index contributed by atoms with van der Waals surface area (Å²) >= 11 is 0. The van der Waals surface area contributed by atoms with Crippen LogP contribution in [0.2, 0.25) is 0 Å². The van der Waals surface area contributed by atoms with Gasteiger partial charge in [0.1, 0.15) is 0 Å². The second-order valence-corrected chi connectivity index (χ2v) is 4.91. The first-order valence-electron chi connectivity index (χ1n) is 4.07. The smallest absolute Gasteiger partial charge is 0.212 e. The minimum Gasteiger partial charge on any atom is -0.212 e. The van der Waals surface area contributed by atoms with Crippen molar-refractivity contribution in [2.75, 3.05) is 12.3 Å². The second-order valence-electron chi connectivity index (χ2n) is 2.87. The van der Waals surface area contributed by atoms with Crippen molar-refractivity contribution in [2.45, 2.75) is 25.8 Å². The van der Waals surface area contributed by atoms with Crippen molar-refractivity contribution in [2.24, 2.45) is 0 Å². The van der Waals surface area contributed by atoms with Crippen LogP contribution in [-0.2, 0) is 10.0 Å². The van der Waals surface area contributed by atoms with E-state index in [0.29, 0.717) is 19.4 Å². The summed E-state index contributed by atoms with van der Waals surface area (Å²) in [6, 6.07) is -0.238. The highest BCUT2D eigenvalue weighted by Gasteiger charge is 2.32. The number of terminal acetylenes is 1. The van der Waals surface area contributed by atoms with Gasteiger partial charge < -0.3 is 0 Å². The van der Waals surface area contributed by atoms with Gasteiger partial charge in [-0.1, -0.05) is 12.8 Å². The molecule has 1 unspecified atom stereocenters. The molecule has 0 amide bonds. The summed E-state index contributed by atoms with van der Waals surface area (Å²) in [7, 11) is -3.02. The molecule has 0 aromatic heterocycles. The van der Waals surface area contributed by atoms with Crippen LogP contribution in [-0.4, -0.2) is 31.1 Å². The van der Waals surface area contributed by atoms with Gasteiger partial charge in [-0.15, -0.1) is 6.42 Å². The Morgan fingerprint density at radius 2 is 2.33 bits per heavy atom. The van der Waals surface area contributed by atoms with Gasteiger partial charge in [-0.2, -0.15) is 4.31 Å². The molecule has 12 heavy (non-hydrogen) atoms. The van der Waals surface area contributed by atoms with E-state index in [1.54, 1.807) is 0 Å². The van der Waals surface area contributed by atoms with Gasteiger partial charge >= 0.3 is 0 Å². The van der Waals surface area contributed by atoms with E-state index >= 15 is 0 Å². The fourth-order valence-corrected chi connectivity index (χ4v) is 3.15. The molecular formula is C8H13NO2S. The van der Waals surface area contributed by atoms with Crippen molar-refractivity contribution in [1.29, 1.82) is 0 Å². The average Bonchev–Trinajstić information content (AvgIpc) is 2.34. The summed E-state index contributed by atoms with van der Waals surface area (Å²) in [6.45, 7) is 2.49. The third kappa shape index (κ3) is 1.62. The first-order valence-corrected chi connectivity index (χ1v) is 5.68. The predicted molar refractivity (Wildman–Crippen MR) is 48.0 cm³/mol. The first kappa shape index (κ1) is 9.56. The summed E-state index contributed by atoms with van der Waals surface area (Å²) in [5.74, 6) is 2.75. The van der Waals surface area contributed by atoms with Crippen LogP contribution in [0, 0.1) is 12.3 Å². The fourth-order valence-electron chi connectivity index (χ4n) is 1.41. The van der Waals surface area contributed by atoms with Gasteiger partial charge in [0, 0.05) is 6.54 Å². The lowest BCUT2D eigenvalue weighted by atomic mass is 10.2. The molecule has 1 aliphatic rings. The minimum atomic E-state index is -3.02. The van der Waals surface area contributed by atoms with E-state index in [9.17, 15) is 8.42 Å². The highest BCUT2D eigenvalue weighted by atomic mass is 32.2. The van der Waals surface area contributed by atoms with Gasteiger partial charge in [0.25, 0.3) is 0 Å². The van der Waals surface area contributed by atoms with Gasteiger partial charge in [-0.25, -0.2) is 8.42 Å². The van der Waals surface area contributed by atoms with Crippen LogP contribution in [0.25, 0.3) is 0 Å². The number of sulfonamides is 1. The Morgan fingerprint density at radius 1 is 1.67 bits per heavy atom. The Balaban J connectivity index is 2.83. The van der Waals surface area contributed by atoms with Crippen LogP contribution in [0.15, 0.2) is 0 Å². The molecule has 1 fully saturated rings. The van der Waals surface area contributed by atoms with Crippen LogP contribution < -0.4 is 0 Å². The number of hydrogen-bond acceptors (Lipinski definition) is 2. The maximum atomic E-state index is 11.4. The van der Waals surface area contributed by atoms with Crippen LogP contribution >= 0.6 is 0 Å². The van der Waals surface area contributed by atoms with Gasteiger partial charge in [0.05, 0.1) is 11.8 Å². The zero-order valence-electron chi connectivity index (χ0n) is 7.16. The van der Waals surface area contributed by atoms with Crippen molar-refractivity contribution >= 4 is 10.0 Å². The lowest BCUT2D eigenvalue weighted by Gasteiger charge is -2.19. The van der Waals surface area contributed by atoms with E-state index in [1.165, 1.54) is 4.31 Å². The third-order valence-corrected chi connectivity index (χ3v) is 4.02. The van der Waals surface area contributed by atoms with E-state index < -0.39 is 10.0 Å². The van der Waals surface area contributed by atoms with Gasteiger partial charge in [-0.3, -0.25) is 0 Å². The summed E-state index contributed by atoms with van der Waals surface area (Å²) in [4.78, 5) is 0. The number of rotatable bonds is 2. The van der Waals surface area contributed by atoms with Crippen molar-refractivity contribution in [1.82, 2.24) is 4.31 Å². The topological polar surface area (TPSA) is 37.4 Å². The molecule has 0 saturated carbocycles. The largest absolute Gasteiger partial charge is 0.215 e. The fraction of sp³-hybridized carbons (Fsp3) is 0.750. The van der Waals surface area contributed by atoms with Crippen LogP contribution in [0.1, 0.15) is 19.8 Å². The highest BCUT2D eigenvalue weighted by molar-refractivity contribution is 7.89. The Hall–Kier alpha value is -0.530. The Labute approximate surface area is 73.8 Å². The molecule has 0 radical (unpaired) electrons. The minimum absolute atomic E-state index is 0.238. The molecule has 4 heteroatoms. The van der Waals surface area contributed by atoms with E-state index in [0.717, 1.165) is 0 Å². The Bertz CT molecular complexity index is 289. The molecular weight excluding hydrogens is 174 g/mol. The molecule has 3 nitrogen and oxygen atoms in total. The van der Waals surface area contributed by atoms with E-state index in [4.69, 9.17) is 6.42 Å². The SMILES string of the molecule is C#CC(CC)N1CCCS1(=O)=O. The zero-order valence-corrected chi connectivity index (χ0v) is 7.97. The summed E-state index contributed by atoms with van der Waals surface area (Å²) in [5.41, 5.74) is 0. The lowest BCUT2D eigenvalue weighted by molar-refractivity contribution is 0.390. The highest BCUT2D eigenvalue weighted by Crippen LogP contribution is 2.18. The Kier molecular flexibility index (Phi) is 2.76. The predicted octanol–water partition coefficient (Wildman–Crippen LogP) is 0.434. The molecule has 1 saturated heterocycles. The molecule has 1 heterocycles. The Morgan fingerprint density at radius 3 is 2.67 bits per heavy atom. The molecule has 0 aliphatic carbocycles. The first-order chi connectivity index (χ1) is 5.61. The van der Waals surface area contributed by atoms with Crippen molar-refractivity contribution < 1.29 is 8.42 Å². The maximum Gasteiger partial charge on any atom is 0.215 e. The normalized spacial score (nSPS) is 25.0. The van der Waals surface area contributed by atoms with Gasteiger partial charge in [0.2, 0.25) is 10.0 Å². The standard InChI is InChI=1S/C8H13NO2S/c1-3-8(4-2)9-6-5-7-12(9,10)11/h1,8H,4-7H2,2H3. The summed E-state index contributed by atoms with van der Waals surface area (Å²) in [6.07, 6.45) is 6.63. The molecule has 1 aliphatic heterocycles. The lowest BCUT2D eigenvalue weighted by Crippen LogP contribution is -2.35. The van der Waals surface area contributed by atoms with Gasteiger partial charge in [0.15, 0.2) is 0 Å². The summed E-state index contributed by atoms with van der Waals surface area (Å²) in [5, 5.41) is 0. The quantitative estimate of drug-likeness (QED) is 0.588. The van der Waals surface area contributed by atoms with E-state index in [2.05, 4.69) is 5.92 Å². The molecule has 1 rings (SSSR count). The molecule has 0 N–H and O–H groups in total. The van der Waals surface area contributed by atoms with Crippen molar-refractivity contribution in [3.05, 3.63) is 0 Å². The van der Waals surface area contributed by atoms with E-state index in [-0.39, 0.29) is 11.8 Å². The molecule has 68 valence electrons. The van der Waals surface area contributed by atoms with Gasteiger partial charge in [-0.05, 0) is 12.8 Å². The molecule has 1 atom stereocenters. The van der Waals surface area contributed by atoms with Crippen LogP contribution in [0.4, 0.5) is 0 Å². The summed E-state index contributed by atoms with van der Waals surface area (Å²) < 4.78 is 24.1. The third-order valence-electron chi connectivity index (χ3n) is 2.06. The van der Waals surface area contributed by atoms with Crippen molar-refractivity contribution in [3.8, 4) is 12.3 Å². The monoisotopic (exact) mass is 187 g/mol. The molecule has 0 bridgehead atoms. The molecule has 0 aromatic rings. The maximum absolute atomic E-state index is 11.4. The van der Waals surface area contributed by atoms with Crippen LogP contribution in [0.5, 0.6) is 0 Å². The van der Waals surface area contributed by atoms with Crippen LogP contribution in [0.3, 0.4) is 0 Å². The second kappa shape index (κ2) is 3.46.